The van der Waals surface area contributed by atoms with Gasteiger partial charge in [0.05, 0.1) is 27.2 Å². The topological polar surface area (TPSA) is 74.7 Å². The standard InChI is InChI=1S/C35H40FNO5.H2S/c1-35(36,34(39)41-3)33(25-14-15-25)26-7-6-9-29(19-26)42-22-23-10-12-24(13-11-23)31-21-28(40-2)16-17-30(31)32(38)20-27-8-4-5-18-37-27;/h4-9,16-19,21,23-25,33H,10-15,20,22H2,1-3H3;1H2/t23?,24?,33-,35?;/m0./s1. The number of hydrogen-bond donors (Lipinski definition) is 0. The highest BCUT2D eigenvalue weighted by atomic mass is 32.1. The quantitative estimate of drug-likeness (QED) is 0.158. The average Bonchev–Trinajstić information content (AvgIpc) is 3.85. The summed E-state index contributed by atoms with van der Waals surface area (Å²) in [7, 11) is 2.88. The van der Waals surface area contributed by atoms with Crippen molar-refractivity contribution < 1.29 is 28.2 Å². The first kappa shape index (κ1) is 32.5. The first-order chi connectivity index (χ1) is 20.3. The van der Waals surface area contributed by atoms with E-state index in [4.69, 9.17) is 14.2 Å². The summed E-state index contributed by atoms with van der Waals surface area (Å²) in [6.45, 7) is 1.89. The predicted molar refractivity (Wildman–Crippen MR) is 169 cm³/mol. The molecule has 0 bridgehead atoms. The zero-order valence-corrected chi connectivity index (χ0v) is 26.2. The van der Waals surface area contributed by atoms with Crippen molar-refractivity contribution in [2.45, 2.75) is 69.4 Å². The van der Waals surface area contributed by atoms with Crippen molar-refractivity contribution in [2.75, 3.05) is 20.8 Å². The fraction of sp³-hybridized carbons (Fsp3) is 0.457. The van der Waals surface area contributed by atoms with Gasteiger partial charge in [-0.25, -0.2) is 9.18 Å². The van der Waals surface area contributed by atoms with Crippen LogP contribution in [0.3, 0.4) is 0 Å². The van der Waals surface area contributed by atoms with Crippen LogP contribution in [0, 0.1) is 11.8 Å². The maximum absolute atomic E-state index is 15.6. The number of aromatic nitrogens is 1. The molecule has 0 spiro atoms. The van der Waals surface area contributed by atoms with E-state index in [1.807, 2.05) is 60.7 Å². The second-order valence-corrected chi connectivity index (χ2v) is 11.9. The van der Waals surface area contributed by atoms with E-state index in [9.17, 15) is 9.59 Å². The van der Waals surface area contributed by atoms with E-state index in [0.717, 1.165) is 66.7 Å². The molecule has 1 unspecified atom stereocenters. The molecule has 2 fully saturated rings. The number of pyridine rings is 1. The van der Waals surface area contributed by atoms with Crippen molar-refractivity contribution in [3.63, 3.8) is 0 Å². The molecule has 43 heavy (non-hydrogen) atoms. The van der Waals surface area contributed by atoms with Crippen LogP contribution < -0.4 is 9.47 Å². The zero-order valence-electron chi connectivity index (χ0n) is 25.2. The second kappa shape index (κ2) is 14.4. The van der Waals surface area contributed by atoms with Crippen molar-refractivity contribution in [2.24, 2.45) is 11.8 Å². The van der Waals surface area contributed by atoms with Crippen molar-refractivity contribution in [3.8, 4) is 11.5 Å². The van der Waals surface area contributed by atoms with Gasteiger partial charge in [-0.2, -0.15) is 13.5 Å². The van der Waals surface area contributed by atoms with Crippen LogP contribution in [0.15, 0.2) is 66.9 Å². The average molecular weight is 608 g/mol. The van der Waals surface area contributed by atoms with Gasteiger partial charge in [0.1, 0.15) is 11.5 Å². The van der Waals surface area contributed by atoms with Crippen LogP contribution in [0.4, 0.5) is 4.39 Å². The summed E-state index contributed by atoms with van der Waals surface area (Å²) < 4.78 is 32.1. The number of carbonyl (C=O) groups excluding carboxylic acids is 2. The molecule has 230 valence electrons. The number of esters is 1. The minimum Gasteiger partial charge on any atom is -0.497 e. The molecule has 5 rings (SSSR count). The van der Waals surface area contributed by atoms with E-state index in [-0.39, 0.29) is 37.5 Å². The summed E-state index contributed by atoms with van der Waals surface area (Å²) in [5.41, 5.74) is 1.24. The largest absolute Gasteiger partial charge is 0.497 e. The minimum atomic E-state index is -2.09. The van der Waals surface area contributed by atoms with Crippen LogP contribution in [0.25, 0.3) is 0 Å². The molecule has 3 aromatic rings. The number of nitrogens with zero attached hydrogens (tertiary/aromatic N) is 1. The van der Waals surface area contributed by atoms with Gasteiger partial charge in [-0.15, -0.1) is 0 Å². The Hall–Kier alpha value is -3.39. The number of alkyl halides is 1. The number of carbonyl (C=O) groups is 2. The number of methoxy groups -OCH3 is 2. The first-order valence-corrected chi connectivity index (χ1v) is 14.9. The van der Waals surface area contributed by atoms with Crippen LogP contribution in [0.1, 0.15) is 84.5 Å². The number of ether oxygens (including phenoxy) is 3. The third-order valence-electron chi connectivity index (χ3n) is 8.88. The van der Waals surface area contributed by atoms with E-state index in [1.54, 1.807) is 13.3 Å². The molecular weight excluding hydrogens is 565 g/mol. The van der Waals surface area contributed by atoms with E-state index in [1.165, 1.54) is 14.0 Å². The number of Topliss-reactive ketones (excluding diaryl/α,β-unsaturated/α-hetero) is 1. The fourth-order valence-electron chi connectivity index (χ4n) is 6.46. The van der Waals surface area contributed by atoms with Gasteiger partial charge in [0.25, 0.3) is 0 Å². The SMILES string of the molecule is COC(=O)C(C)(F)[C@H](c1cccc(OCC2CCC(c3cc(OC)ccc3C(=O)Cc3ccccn3)CC2)c1)C1CC1.S. The molecule has 8 heteroatoms. The van der Waals surface area contributed by atoms with Crippen molar-refractivity contribution in [1.82, 2.24) is 4.98 Å². The summed E-state index contributed by atoms with van der Waals surface area (Å²) >= 11 is 0. The Bertz CT molecular complexity index is 1390. The van der Waals surface area contributed by atoms with Crippen molar-refractivity contribution in [1.29, 1.82) is 0 Å². The lowest BCUT2D eigenvalue weighted by molar-refractivity contribution is -0.155. The summed E-state index contributed by atoms with van der Waals surface area (Å²) in [6, 6.07) is 18.9. The first-order valence-electron chi connectivity index (χ1n) is 14.9. The number of ketones is 1. The molecule has 0 N–H and O–H groups in total. The molecule has 6 nitrogen and oxygen atoms in total. The summed E-state index contributed by atoms with van der Waals surface area (Å²) in [4.78, 5) is 29.9. The van der Waals surface area contributed by atoms with Gasteiger partial charge < -0.3 is 14.2 Å². The number of rotatable bonds is 12. The van der Waals surface area contributed by atoms with Gasteiger partial charge in [-0.1, -0.05) is 18.2 Å². The molecule has 2 atom stereocenters. The fourth-order valence-corrected chi connectivity index (χ4v) is 6.46. The molecule has 0 radical (unpaired) electrons. The van der Waals surface area contributed by atoms with Gasteiger partial charge in [-0.05, 0) is 117 Å². The van der Waals surface area contributed by atoms with Gasteiger partial charge in [0.2, 0.25) is 5.67 Å². The van der Waals surface area contributed by atoms with Crippen LogP contribution in [-0.2, 0) is 16.0 Å². The molecule has 1 heterocycles. The Morgan fingerprint density at radius 1 is 0.953 bits per heavy atom. The van der Waals surface area contributed by atoms with Crippen LogP contribution in [0.5, 0.6) is 11.5 Å². The summed E-state index contributed by atoms with van der Waals surface area (Å²) in [6.07, 6.45) is 7.64. The highest BCUT2D eigenvalue weighted by molar-refractivity contribution is 7.59. The highest BCUT2D eigenvalue weighted by Crippen LogP contribution is 2.50. The maximum Gasteiger partial charge on any atom is 0.343 e. The molecule has 0 saturated heterocycles. The van der Waals surface area contributed by atoms with Crippen LogP contribution in [-0.4, -0.2) is 43.2 Å². The van der Waals surface area contributed by atoms with E-state index >= 15 is 4.39 Å². The number of halogens is 1. The van der Waals surface area contributed by atoms with Crippen molar-refractivity contribution >= 4 is 25.2 Å². The lowest BCUT2D eigenvalue weighted by atomic mass is 9.77. The molecule has 0 amide bonds. The highest BCUT2D eigenvalue weighted by Gasteiger charge is 2.50. The Morgan fingerprint density at radius 3 is 2.37 bits per heavy atom. The monoisotopic (exact) mass is 607 g/mol. The second-order valence-electron chi connectivity index (χ2n) is 11.9. The Balaban J connectivity index is 0.00000423. The van der Waals surface area contributed by atoms with Gasteiger partial charge in [0.15, 0.2) is 5.78 Å². The molecule has 2 saturated carbocycles. The third-order valence-corrected chi connectivity index (χ3v) is 8.88. The minimum absolute atomic E-state index is 0. The lowest BCUT2D eigenvalue weighted by Crippen LogP contribution is -2.39. The van der Waals surface area contributed by atoms with E-state index < -0.39 is 17.6 Å². The molecule has 2 aromatic carbocycles. The molecule has 2 aliphatic rings. The molecule has 2 aliphatic carbocycles. The summed E-state index contributed by atoms with van der Waals surface area (Å²) in [5.74, 6) is 0.898. The predicted octanol–water partition coefficient (Wildman–Crippen LogP) is 7.38. The Kier molecular flexibility index (Phi) is 10.9. The molecular formula is C35H42FNO5S. The normalized spacial score (nSPS) is 20.2. The summed E-state index contributed by atoms with van der Waals surface area (Å²) in [5, 5.41) is 0. The van der Waals surface area contributed by atoms with Crippen LogP contribution in [0.2, 0.25) is 0 Å². The van der Waals surface area contributed by atoms with Crippen molar-refractivity contribution in [3.05, 3.63) is 89.2 Å². The van der Waals surface area contributed by atoms with E-state index in [0.29, 0.717) is 18.3 Å². The van der Waals surface area contributed by atoms with Crippen LogP contribution >= 0.6 is 13.5 Å². The zero-order chi connectivity index (χ0) is 29.7. The third kappa shape index (κ3) is 7.77. The Labute approximate surface area is 260 Å². The molecule has 0 aliphatic heterocycles. The Morgan fingerprint density at radius 2 is 1.72 bits per heavy atom. The number of hydrogen-bond acceptors (Lipinski definition) is 6. The van der Waals surface area contributed by atoms with Gasteiger partial charge in [0, 0.05) is 23.4 Å². The molecule has 1 aromatic heterocycles. The smallest absolute Gasteiger partial charge is 0.343 e. The van der Waals surface area contributed by atoms with E-state index in [2.05, 4.69) is 4.98 Å². The maximum atomic E-state index is 15.6. The van der Waals surface area contributed by atoms with Gasteiger partial charge >= 0.3 is 5.97 Å². The van der Waals surface area contributed by atoms with Gasteiger partial charge in [-0.3, -0.25) is 9.78 Å². The number of benzene rings is 2. The lowest BCUT2D eigenvalue weighted by Gasteiger charge is -2.30.